The number of sulfonamides is 1. The number of thiazole rings is 1. The van der Waals surface area contributed by atoms with Crippen LogP contribution in [0.1, 0.15) is 44.1 Å². The Balaban J connectivity index is 1.78. The summed E-state index contributed by atoms with van der Waals surface area (Å²) in [5.41, 5.74) is 1.01. The molecule has 0 unspecified atom stereocenters. The fourth-order valence-electron chi connectivity index (χ4n) is 2.75. The van der Waals surface area contributed by atoms with Crippen LogP contribution in [0, 0.1) is 6.92 Å². The lowest BCUT2D eigenvalue weighted by molar-refractivity contribution is -0.116. The molecule has 0 spiro atoms. The Morgan fingerprint density at radius 3 is 2.37 bits per heavy atom. The molecule has 1 heterocycles. The summed E-state index contributed by atoms with van der Waals surface area (Å²) >= 11 is 1.36. The molecule has 1 aliphatic rings. The van der Waals surface area contributed by atoms with E-state index < -0.39 is 10.0 Å². The van der Waals surface area contributed by atoms with Gasteiger partial charge >= 0.3 is 0 Å². The molecule has 6 nitrogen and oxygen atoms in total. The zero-order valence-corrected chi connectivity index (χ0v) is 17.7. The molecule has 1 amide bonds. The Kier molecular flexibility index (Phi) is 5.42. The number of hydrogen-bond donors (Lipinski definition) is 1. The lowest BCUT2D eigenvalue weighted by Gasteiger charge is -2.23. The number of nitrogens with zero attached hydrogens (tertiary/aromatic N) is 2. The fraction of sp³-hybridized carbons (Fsp3) is 0.474. The molecular weight excluding hydrogens is 382 g/mol. The van der Waals surface area contributed by atoms with Gasteiger partial charge in [-0.05, 0) is 42.9 Å². The number of amides is 1. The lowest BCUT2D eigenvalue weighted by Crippen LogP contribution is -2.39. The quantitative estimate of drug-likeness (QED) is 0.794. The average molecular weight is 408 g/mol. The molecular formula is C19H25N3O3S2. The summed E-state index contributed by atoms with van der Waals surface area (Å²) in [7, 11) is -3.73. The zero-order valence-electron chi connectivity index (χ0n) is 16.0. The first-order chi connectivity index (χ1) is 12.6. The minimum absolute atomic E-state index is 0.0514. The van der Waals surface area contributed by atoms with Crippen molar-refractivity contribution >= 4 is 32.4 Å². The minimum Gasteiger partial charge on any atom is -0.301 e. The van der Waals surface area contributed by atoms with Crippen LogP contribution in [-0.2, 0) is 20.2 Å². The molecule has 1 saturated carbocycles. The van der Waals surface area contributed by atoms with E-state index in [0.29, 0.717) is 5.13 Å². The first-order valence-electron chi connectivity index (χ1n) is 8.92. The van der Waals surface area contributed by atoms with E-state index in [-0.39, 0.29) is 28.8 Å². The van der Waals surface area contributed by atoms with Crippen LogP contribution >= 0.6 is 11.3 Å². The maximum absolute atomic E-state index is 13.1. The van der Waals surface area contributed by atoms with Crippen molar-refractivity contribution in [2.45, 2.75) is 56.9 Å². The lowest BCUT2D eigenvalue weighted by atomic mass is 9.87. The second-order valence-corrected chi connectivity index (χ2v) is 11.0. The van der Waals surface area contributed by atoms with Gasteiger partial charge in [0.15, 0.2) is 5.13 Å². The summed E-state index contributed by atoms with van der Waals surface area (Å²) < 4.78 is 27.5. The maximum Gasteiger partial charge on any atom is 0.243 e. The van der Waals surface area contributed by atoms with Crippen molar-refractivity contribution in [1.29, 1.82) is 0 Å². The number of aromatic nitrogens is 1. The molecule has 0 atom stereocenters. The van der Waals surface area contributed by atoms with E-state index in [2.05, 4.69) is 31.1 Å². The maximum atomic E-state index is 13.1. The van der Waals surface area contributed by atoms with Crippen molar-refractivity contribution in [1.82, 2.24) is 9.29 Å². The molecule has 146 valence electrons. The molecule has 0 aliphatic heterocycles. The molecule has 27 heavy (non-hydrogen) atoms. The standard InChI is InChI=1S/C19H25N3O3S2/c1-13-11-20-18(26-13)21-17(23)12-22(15-7-8-15)27(24,25)16-9-5-14(6-10-16)19(2,3)4/h5-6,9-11,15H,7-8,12H2,1-4H3,(H,20,21,23). The number of aryl methyl sites for hydroxylation is 1. The van der Waals surface area contributed by atoms with E-state index >= 15 is 0 Å². The van der Waals surface area contributed by atoms with Gasteiger partial charge in [-0.2, -0.15) is 4.31 Å². The molecule has 3 rings (SSSR count). The van der Waals surface area contributed by atoms with Crippen molar-refractivity contribution in [2.75, 3.05) is 11.9 Å². The van der Waals surface area contributed by atoms with Crippen LogP contribution in [0.4, 0.5) is 5.13 Å². The van der Waals surface area contributed by atoms with E-state index in [9.17, 15) is 13.2 Å². The van der Waals surface area contributed by atoms with Gasteiger partial charge in [0.25, 0.3) is 0 Å². The molecule has 1 N–H and O–H groups in total. The number of rotatable bonds is 6. The molecule has 0 saturated heterocycles. The molecule has 1 aliphatic carbocycles. The smallest absolute Gasteiger partial charge is 0.243 e. The number of carbonyl (C=O) groups is 1. The van der Waals surface area contributed by atoms with Crippen molar-refractivity contribution in [3.05, 3.63) is 40.9 Å². The molecule has 2 aromatic rings. The normalized spacial score (nSPS) is 15.1. The topological polar surface area (TPSA) is 79.4 Å². The number of anilines is 1. The Morgan fingerprint density at radius 2 is 1.89 bits per heavy atom. The zero-order chi connectivity index (χ0) is 19.8. The Morgan fingerprint density at radius 1 is 1.26 bits per heavy atom. The van der Waals surface area contributed by atoms with Crippen molar-refractivity contribution in [2.24, 2.45) is 0 Å². The van der Waals surface area contributed by atoms with Crippen LogP contribution in [0.3, 0.4) is 0 Å². The number of carbonyl (C=O) groups excluding carboxylic acids is 1. The Bertz CT molecular complexity index is 924. The predicted molar refractivity (Wildman–Crippen MR) is 108 cm³/mol. The van der Waals surface area contributed by atoms with Crippen LogP contribution < -0.4 is 5.32 Å². The largest absolute Gasteiger partial charge is 0.301 e. The second-order valence-electron chi connectivity index (χ2n) is 7.88. The van der Waals surface area contributed by atoms with Crippen LogP contribution in [0.5, 0.6) is 0 Å². The summed E-state index contributed by atoms with van der Waals surface area (Å²) in [6.45, 7) is 7.94. The Labute approximate surface area is 164 Å². The first kappa shape index (κ1) is 20.0. The third-order valence-corrected chi connectivity index (χ3v) is 7.19. The average Bonchev–Trinajstić information content (AvgIpc) is 3.34. The summed E-state index contributed by atoms with van der Waals surface area (Å²) in [5, 5.41) is 3.18. The molecule has 1 fully saturated rings. The van der Waals surface area contributed by atoms with Gasteiger partial charge in [0.05, 0.1) is 11.4 Å². The summed E-state index contributed by atoms with van der Waals surface area (Å²) in [4.78, 5) is 17.7. The fourth-order valence-corrected chi connectivity index (χ4v) is 5.07. The van der Waals surface area contributed by atoms with Gasteiger partial charge in [-0.25, -0.2) is 13.4 Å². The first-order valence-corrected chi connectivity index (χ1v) is 11.2. The van der Waals surface area contributed by atoms with Gasteiger partial charge in [-0.1, -0.05) is 32.9 Å². The van der Waals surface area contributed by atoms with E-state index in [0.717, 1.165) is 23.3 Å². The predicted octanol–water partition coefficient (Wildman–Crippen LogP) is 3.54. The highest BCUT2D eigenvalue weighted by molar-refractivity contribution is 7.89. The van der Waals surface area contributed by atoms with Gasteiger partial charge < -0.3 is 5.32 Å². The SMILES string of the molecule is Cc1cnc(NC(=O)CN(C2CC2)S(=O)(=O)c2ccc(C(C)(C)C)cc2)s1. The Hall–Kier alpha value is -1.77. The number of nitrogens with one attached hydrogen (secondary N) is 1. The summed E-state index contributed by atoms with van der Waals surface area (Å²) in [5.74, 6) is -0.369. The summed E-state index contributed by atoms with van der Waals surface area (Å²) in [6.07, 6.45) is 3.23. The molecule has 8 heteroatoms. The van der Waals surface area contributed by atoms with E-state index in [1.807, 2.05) is 19.1 Å². The highest BCUT2D eigenvalue weighted by atomic mass is 32.2. The monoisotopic (exact) mass is 407 g/mol. The molecule has 1 aromatic carbocycles. The molecule has 0 radical (unpaired) electrons. The second kappa shape index (κ2) is 7.33. The van der Waals surface area contributed by atoms with Crippen LogP contribution in [0.25, 0.3) is 0 Å². The van der Waals surface area contributed by atoms with Gasteiger partial charge in [0, 0.05) is 17.1 Å². The van der Waals surface area contributed by atoms with Crippen molar-refractivity contribution < 1.29 is 13.2 Å². The highest BCUT2D eigenvalue weighted by Gasteiger charge is 2.39. The third kappa shape index (κ3) is 4.75. The van der Waals surface area contributed by atoms with Crippen LogP contribution in [0.15, 0.2) is 35.4 Å². The van der Waals surface area contributed by atoms with Gasteiger partial charge in [0.1, 0.15) is 0 Å². The van der Waals surface area contributed by atoms with Crippen molar-refractivity contribution in [3.63, 3.8) is 0 Å². The van der Waals surface area contributed by atoms with E-state index in [1.165, 1.54) is 15.6 Å². The third-order valence-electron chi connectivity index (χ3n) is 4.45. The van der Waals surface area contributed by atoms with Crippen molar-refractivity contribution in [3.8, 4) is 0 Å². The number of benzene rings is 1. The van der Waals surface area contributed by atoms with E-state index in [1.54, 1.807) is 18.3 Å². The highest BCUT2D eigenvalue weighted by Crippen LogP contribution is 2.33. The van der Waals surface area contributed by atoms with Gasteiger partial charge in [0.2, 0.25) is 15.9 Å². The van der Waals surface area contributed by atoms with E-state index in [4.69, 9.17) is 0 Å². The van der Waals surface area contributed by atoms with Crippen LogP contribution in [0.2, 0.25) is 0 Å². The summed E-state index contributed by atoms with van der Waals surface area (Å²) in [6, 6.07) is 6.84. The number of hydrogen-bond acceptors (Lipinski definition) is 5. The molecule has 0 bridgehead atoms. The van der Waals surface area contributed by atoms with Crippen LogP contribution in [-0.4, -0.2) is 36.2 Å². The minimum atomic E-state index is -3.73. The van der Waals surface area contributed by atoms with Gasteiger partial charge in [-0.3, -0.25) is 4.79 Å². The molecule has 1 aromatic heterocycles. The van der Waals surface area contributed by atoms with Gasteiger partial charge in [-0.15, -0.1) is 11.3 Å².